The molecule has 1 fully saturated rings. The SMILES string of the molecule is COc1ccc(C)cc1C[NH+]1CC[NH+](CC(=O)Nc2ccccc2Cl)CC1. The third-order valence-electron chi connectivity index (χ3n) is 5.10. The van der Waals surface area contributed by atoms with E-state index >= 15 is 0 Å². The Hall–Kier alpha value is -2.08. The van der Waals surface area contributed by atoms with Gasteiger partial charge in [-0.3, -0.25) is 4.79 Å². The van der Waals surface area contributed by atoms with Gasteiger partial charge in [0.15, 0.2) is 6.54 Å². The van der Waals surface area contributed by atoms with E-state index in [4.69, 9.17) is 16.3 Å². The van der Waals surface area contributed by atoms with E-state index in [1.807, 2.05) is 24.3 Å². The van der Waals surface area contributed by atoms with Gasteiger partial charge in [0, 0.05) is 5.56 Å². The molecule has 1 heterocycles. The Labute approximate surface area is 165 Å². The normalized spacial score (nSPS) is 19.5. The van der Waals surface area contributed by atoms with Crippen LogP contribution in [0.4, 0.5) is 5.69 Å². The van der Waals surface area contributed by atoms with E-state index in [1.165, 1.54) is 20.9 Å². The average molecular weight is 390 g/mol. The lowest BCUT2D eigenvalue weighted by Gasteiger charge is -2.29. The second-order valence-electron chi connectivity index (χ2n) is 7.20. The molecule has 144 valence electrons. The van der Waals surface area contributed by atoms with Crippen LogP contribution in [0.1, 0.15) is 11.1 Å². The van der Waals surface area contributed by atoms with Crippen LogP contribution >= 0.6 is 11.6 Å². The van der Waals surface area contributed by atoms with Crippen molar-refractivity contribution in [3.05, 3.63) is 58.6 Å². The van der Waals surface area contributed by atoms with Gasteiger partial charge in [0.2, 0.25) is 0 Å². The summed E-state index contributed by atoms with van der Waals surface area (Å²) in [5.41, 5.74) is 3.19. The van der Waals surface area contributed by atoms with Gasteiger partial charge in [-0.2, -0.15) is 0 Å². The molecule has 0 spiro atoms. The summed E-state index contributed by atoms with van der Waals surface area (Å²) in [4.78, 5) is 15.2. The van der Waals surface area contributed by atoms with Crippen molar-refractivity contribution < 1.29 is 19.3 Å². The maximum atomic E-state index is 12.3. The number of rotatable bonds is 6. The Morgan fingerprint density at radius 2 is 1.81 bits per heavy atom. The number of carbonyl (C=O) groups excluding carboxylic acids is 1. The number of piperazine rings is 1. The number of ether oxygens (including phenoxy) is 1. The molecule has 1 aliphatic rings. The van der Waals surface area contributed by atoms with Crippen molar-refractivity contribution in [2.45, 2.75) is 13.5 Å². The van der Waals surface area contributed by atoms with Crippen LogP contribution in [0.3, 0.4) is 0 Å². The van der Waals surface area contributed by atoms with Crippen LogP contribution in [0, 0.1) is 6.92 Å². The van der Waals surface area contributed by atoms with E-state index in [9.17, 15) is 4.79 Å². The highest BCUT2D eigenvalue weighted by Gasteiger charge is 2.25. The first-order chi connectivity index (χ1) is 13.0. The molecule has 5 nitrogen and oxygen atoms in total. The van der Waals surface area contributed by atoms with Gasteiger partial charge < -0.3 is 19.9 Å². The van der Waals surface area contributed by atoms with Gasteiger partial charge in [-0.1, -0.05) is 35.4 Å². The summed E-state index contributed by atoms with van der Waals surface area (Å²) in [7, 11) is 1.73. The molecule has 0 atom stereocenters. The molecule has 1 saturated heterocycles. The second kappa shape index (κ2) is 9.22. The molecular weight excluding hydrogens is 362 g/mol. The lowest BCUT2D eigenvalue weighted by Crippen LogP contribution is -3.28. The molecule has 3 N–H and O–H groups in total. The zero-order valence-corrected chi connectivity index (χ0v) is 16.7. The molecule has 2 aromatic rings. The molecule has 1 amide bonds. The van der Waals surface area contributed by atoms with Crippen LogP contribution in [0.25, 0.3) is 0 Å². The van der Waals surface area contributed by atoms with E-state index in [0.29, 0.717) is 17.3 Å². The molecule has 0 saturated carbocycles. The highest BCUT2D eigenvalue weighted by atomic mass is 35.5. The fourth-order valence-electron chi connectivity index (χ4n) is 3.61. The molecule has 0 aromatic heterocycles. The summed E-state index contributed by atoms with van der Waals surface area (Å²) in [5, 5.41) is 3.49. The van der Waals surface area contributed by atoms with Gasteiger partial charge in [-0.25, -0.2) is 0 Å². The number of halogens is 1. The van der Waals surface area contributed by atoms with Crippen molar-refractivity contribution in [1.29, 1.82) is 0 Å². The lowest BCUT2D eigenvalue weighted by atomic mass is 10.1. The van der Waals surface area contributed by atoms with Crippen LogP contribution in [0.15, 0.2) is 42.5 Å². The van der Waals surface area contributed by atoms with E-state index in [-0.39, 0.29) is 5.91 Å². The van der Waals surface area contributed by atoms with Crippen LogP contribution in [0.2, 0.25) is 5.02 Å². The minimum Gasteiger partial charge on any atom is -0.496 e. The number of nitrogens with one attached hydrogen (secondary N) is 3. The Bertz CT molecular complexity index is 789. The number of hydrogen-bond acceptors (Lipinski definition) is 2. The molecule has 3 rings (SSSR count). The molecule has 2 aromatic carbocycles. The maximum Gasteiger partial charge on any atom is 0.279 e. The Morgan fingerprint density at radius 3 is 2.52 bits per heavy atom. The van der Waals surface area contributed by atoms with Crippen molar-refractivity contribution in [2.75, 3.05) is 45.2 Å². The summed E-state index contributed by atoms with van der Waals surface area (Å²) in [6.45, 7) is 7.62. The number of benzene rings is 2. The van der Waals surface area contributed by atoms with Crippen LogP contribution < -0.4 is 19.9 Å². The first-order valence-corrected chi connectivity index (χ1v) is 9.78. The van der Waals surface area contributed by atoms with Gasteiger partial charge >= 0.3 is 0 Å². The smallest absolute Gasteiger partial charge is 0.279 e. The average Bonchev–Trinajstić information content (AvgIpc) is 2.65. The Kier molecular flexibility index (Phi) is 6.72. The zero-order chi connectivity index (χ0) is 19.2. The minimum atomic E-state index is 0.0157. The molecule has 6 heteroatoms. The molecule has 1 aliphatic heterocycles. The van der Waals surface area contributed by atoms with Gasteiger partial charge in [0.25, 0.3) is 5.91 Å². The van der Waals surface area contributed by atoms with Crippen LogP contribution in [0.5, 0.6) is 5.75 Å². The predicted octanol–water partition coefficient (Wildman–Crippen LogP) is 0.579. The quantitative estimate of drug-likeness (QED) is 0.677. The van der Waals surface area contributed by atoms with Crippen LogP contribution in [-0.2, 0) is 11.3 Å². The molecule has 0 radical (unpaired) electrons. The number of para-hydroxylation sites is 1. The number of amides is 1. The van der Waals surface area contributed by atoms with Crippen molar-refractivity contribution in [2.24, 2.45) is 0 Å². The third kappa shape index (κ3) is 5.45. The highest BCUT2D eigenvalue weighted by molar-refractivity contribution is 6.33. The number of methoxy groups -OCH3 is 1. The summed E-state index contributed by atoms with van der Waals surface area (Å²) >= 11 is 6.11. The predicted molar refractivity (Wildman–Crippen MR) is 108 cm³/mol. The summed E-state index contributed by atoms with van der Waals surface area (Å²) < 4.78 is 5.50. The molecule has 0 aliphatic carbocycles. The molecule has 0 unspecified atom stereocenters. The van der Waals surface area contributed by atoms with Crippen molar-refractivity contribution in [3.8, 4) is 5.75 Å². The van der Waals surface area contributed by atoms with E-state index in [0.717, 1.165) is 38.5 Å². The van der Waals surface area contributed by atoms with Crippen molar-refractivity contribution in [1.82, 2.24) is 0 Å². The Morgan fingerprint density at radius 1 is 1.11 bits per heavy atom. The van der Waals surface area contributed by atoms with Crippen molar-refractivity contribution >= 4 is 23.2 Å². The standard InChI is InChI=1S/C21H26ClN3O2/c1-16-7-8-20(27-2)17(13-16)14-24-9-11-25(12-10-24)15-21(26)23-19-6-4-3-5-18(19)22/h3-8,13H,9-12,14-15H2,1-2H3,(H,23,26)/p+2. The Balaban J connectivity index is 1.48. The summed E-state index contributed by atoms with van der Waals surface area (Å²) in [6.07, 6.45) is 0. The molecule has 0 bridgehead atoms. The first kappa shape index (κ1) is 19.7. The second-order valence-corrected chi connectivity index (χ2v) is 7.60. The third-order valence-corrected chi connectivity index (χ3v) is 5.43. The molecule has 27 heavy (non-hydrogen) atoms. The zero-order valence-electron chi connectivity index (χ0n) is 16.0. The van der Waals surface area contributed by atoms with Gasteiger partial charge in [0.05, 0.1) is 17.8 Å². The topological polar surface area (TPSA) is 47.2 Å². The van der Waals surface area contributed by atoms with E-state index in [2.05, 4.69) is 24.4 Å². The number of aryl methyl sites for hydroxylation is 1. The minimum absolute atomic E-state index is 0.0157. The summed E-state index contributed by atoms with van der Waals surface area (Å²) in [6, 6.07) is 13.7. The fraction of sp³-hybridized carbons (Fsp3) is 0.381. The van der Waals surface area contributed by atoms with Crippen LogP contribution in [-0.4, -0.2) is 45.7 Å². The van der Waals surface area contributed by atoms with E-state index < -0.39 is 0 Å². The first-order valence-electron chi connectivity index (χ1n) is 9.40. The number of quaternary nitrogens is 2. The number of carbonyl (C=O) groups is 1. The van der Waals surface area contributed by atoms with Gasteiger partial charge in [-0.15, -0.1) is 0 Å². The van der Waals surface area contributed by atoms with E-state index in [1.54, 1.807) is 13.2 Å². The highest BCUT2D eigenvalue weighted by Crippen LogP contribution is 2.20. The number of anilines is 1. The van der Waals surface area contributed by atoms with Crippen molar-refractivity contribution in [3.63, 3.8) is 0 Å². The van der Waals surface area contributed by atoms with Gasteiger partial charge in [0.1, 0.15) is 38.5 Å². The summed E-state index contributed by atoms with van der Waals surface area (Å²) in [5.74, 6) is 0.976. The molecular formula is C21H28ClN3O2+2. The van der Waals surface area contributed by atoms with Gasteiger partial charge in [-0.05, 0) is 31.2 Å². The monoisotopic (exact) mass is 389 g/mol. The number of hydrogen-bond donors (Lipinski definition) is 3. The fourth-order valence-corrected chi connectivity index (χ4v) is 3.79. The largest absolute Gasteiger partial charge is 0.496 e. The maximum absolute atomic E-state index is 12.3. The lowest BCUT2D eigenvalue weighted by molar-refractivity contribution is -1.02.